The highest BCUT2D eigenvalue weighted by molar-refractivity contribution is 6.36. The average Bonchev–Trinajstić information content (AvgIpc) is 3.36. The van der Waals surface area contributed by atoms with E-state index in [2.05, 4.69) is 10.2 Å². The van der Waals surface area contributed by atoms with Crippen LogP contribution in [0.1, 0.15) is 17.0 Å². The summed E-state index contributed by atoms with van der Waals surface area (Å²) in [6.07, 6.45) is 1.92. The zero-order valence-corrected chi connectivity index (χ0v) is 21.0. The Labute approximate surface area is 212 Å². The van der Waals surface area contributed by atoms with E-state index in [0.717, 1.165) is 11.3 Å². The van der Waals surface area contributed by atoms with Gasteiger partial charge in [-0.2, -0.15) is 0 Å². The third-order valence-corrected chi connectivity index (χ3v) is 5.77. The van der Waals surface area contributed by atoms with Gasteiger partial charge in [-0.3, -0.25) is 0 Å². The molecule has 0 saturated carbocycles. The zero-order chi connectivity index (χ0) is 24.9. The zero-order valence-electron chi connectivity index (χ0n) is 19.5. The van der Waals surface area contributed by atoms with Crippen molar-refractivity contribution in [3.63, 3.8) is 0 Å². The molecule has 35 heavy (non-hydrogen) atoms. The molecule has 1 heterocycles. The van der Waals surface area contributed by atoms with Crippen LogP contribution in [0.2, 0.25) is 10.0 Å². The van der Waals surface area contributed by atoms with E-state index < -0.39 is 0 Å². The van der Waals surface area contributed by atoms with Gasteiger partial charge in [0, 0.05) is 10.6 Å². The molecule has 180 valence electrons. The second-order valence-corrected chi connectivity index (χ2v) is 8.13. The molecule has 0 spiro atoms. The smallest absolute Gasteiger partial charge is 0.249 e. The van der Waals surface area contributed by atoms with E-state index in [0.29, 0.717) is 44.0 Å². The molecule has 9 heteroatoms. The summed E-state index contributed by atoms with van der Waals surface area (Å²) >= 11 is 12.4. The number of hydrogen-bond donors (Lipinski definition) is 0. The standard InChI is InChI=1S/C26H22Cl2N2O5/c1-31-18-8-5-15(6-9-18)11-20(16-12-22(32-2)24(34-4)23(13-16)33-3)26-30-29-25(35-26)19-10-7-17(27)14-21(19)28/h5-14H,1-4H3/b20-11+. The number of ether oxygens (including phenoxy) is 4. The van der Waals surface area contributed by atoms with Gasteiger partial charge in [0.2, 0.25) is 17.5 Å². The predicted molar refractivity (Wildman–Crippen MR) is 136 cm³/mol. The lowest BCUT2D eigenvalue weighted by Crippen LogP contribution is -1.98. The van der Waals surface area contributed by atoms with Crippen molar-refractivity contribution >= 4 is 34.9 Å². The first-order valence-electron chi connectivity index (χ1n) is 10.4. The van der Waals surface area contributed by atoms with E-state index in [1.54, 1.807) is 46.6 Å². The summed E-state index contributed by atoms with van der Waals surface area (Å²) < 4.78 is 27.9. The molecule has 0 atom stereocenters. The summed E-state index contributed by atoms with van der Waals surface area (Å²) in [5.41, 5.74) is 2.81. The van der Waals surface area contributed by atoms with Gasteiger partial charge in [0.15, 0.2) is 11.5 Å². The van der Waals surface area contributed by atoms with Crippen LogP contribution < -0.4 is 18.9 Å². The highest BCUT2D eigenvalue weighted by Crippen LogP contribution is 2.42. The number of halogens is 2. The first kappa shape index (κ1) is 24.4. The lowest BCUT2D eigenvalue weighted by molar-refractivity contribution is 0.324. The fourth-order valence-corrected chi connectivity index (χ4v) is 3.97. The fourth-order valence-electron chi connectivity index (χ4n) is 3.48. The number of rotatable bonds is 8. The minimum absolute atomic E-state index is 0.259. The Kier molecular flexibility index (Phi) is 7.48. The molecule has 4 aromatic rings. The van der Waals surface area contributed by atoms with E-state index in [-0.39, 0.29) is 11.8 Å². The number of hydrogen-bond acceptors (Lipinski definition) is 7. The molecule has 1 aromatic heterocycles. The van der Waals surface area contributed by atoms with Crippen molar-refractivity contribution in [1.29, 1.82) is 0 Å². The third-order valence-electron chi connectivity index (χ3n) is 5.22. The van der Waals surface area contributed by atoms with Crippen molar-refractivity contribution in [2.45, 2.75) is 0 Å². The molecule has 0 saturated heterocycles. The molecule has 3 aromatic carbocycles. The Morgan fingerprint density at radius 3 is 2.06 bits per heavy atom. The number of methoxy groups -OCH3 is 4. The summed E-state index contributed by atoms with van der Waals surface area (Å²) in [7, 11) is 6.28. The molecular weight excluding hydrogens is 491 g/mol. The van der Waals surface area contributed by atoms with E-state index >= 15 is 0 Å². The van der Waals surface area contributed by atoms with Crippen LogP contribution in [0.25, 0.3) is 23.1 Å². The maximum absolute atomic E-state index is 6.36. The first-order chi connectivity index (χ1) is 17.0. The van der Waals surface area contributed by atoms with Crippen LogP contribution in [-0.4, -0.2) is 38.6 Å². The minimum atomic E-state index is 0.259. The average molecular weight is 513 g/mol. The molecule has 0 amide bonds. The maximum Gasteiger partial charge on any atom is 0.249 e. The topological polar surface area (TPSA) is 75.8 Å². The van der Waals surface area contributed by atoms with Crippen LogP contribution in [0.5, 0.6) is 23.0 Å². The van der Waals surface area contributed by atoms with E-state index in [1.165, 1.54) is 0 Å². The van der Waals surface area contributed by atoms with Crippen molar-refractivity contribution in [2.24, 2.45) is 0 Å². The molecule has 0 aliphatic heterocycles. The summed E-state index contributed by atoms with van der Waals surface area (Å²) in [4.78, 5) is 0. The van der Waals surface area contributed by atoms with E-state index in [1.807, 2.05) is 42.5 Å². The largest absolute Gasteiger partial charge is 0.497 e. The van der Waals surface area contributed by atoms with Gasteiger partial charge in [-0.25, -0.2) is 0 Å². The quantitative estimate of drug-likeness (QED) is 0.244. The Morgan fingerprint density at radius 1 is 0.800 bits per heavy atom. The monoisotopic (exact) mass is 512 g/mol. The SMILES string of the molecule is COc1ccc(/C=C(\c2cc(OC)c(OC)c(OC)c2)c2nnc(-c3ccc(Cl)cc3Cl)o2)cc1. The molecule has 0 unspecified atom stereocenters. The molecular formula is C26H22Cl2N2O5. The molecule has 0 aliphatic carbocycles. The van der Waals surface area contributed by atoms with Crippen LogP contribution in [0, 0.1) is 0 Å². The van der Waals surface area contributed by atoms with Gasteiger partial charge in [-0.15, -0.1) is 10.2 Å². The summed E-state index contributed by atoms with van der Waals surface area (Å²) in [5, 5.41) is 9.44. The maximum atomic E-state index is 6.36. The second kappa shape index (κ2) is 10.7. The Balaban J connectivity index is 1.88. The van der Waals surface area contributed by atoms with Gasteiger partial charge in [0.05, 0.1) is 39.0 Å². The van der Waals surface area contributed by atoms with Crippen LogP contribution in [0.15, 0.2) is 59.0 Å². The molecule has 4 rings (SSSR count). The van der Waals surface area contributed by atoms with Crippen LogP contribution in [0.3, 0.4) is 0 Å². The van der Waals surface area contributed by atoms with Crippen LogP contribution in [-0.2, 0) is 0 Å². The van der Waals surface area contributed by atoms with Crippen molar-refractivity contribution in [3.05, 3.63) is 81.7 Å². The van der Waals surface area contributed by atoms with Gasteiger partial charge in [-0.05, 0) is 59.7 Å². The van der Waals surface area contributed by atoms with E-state index in [4.69, 9.17) is 46.6 Å². The van der Waals surface area contributed by atoms with Gasteiger partial charge in [-0.1, -0.05) is 35.3 Å². The summed E-state index contributed by atoms with van der Waals surface area (Å²) in [6.45, 7) is 0. The second-order valence-electron chi connectivity index (χ2n) is 7.28. The lowest BCUT2D eigenvalue weighted by Gasteiger charge is -2.15. The van der Waals surface area contributed by atoms with Crippen LogP contribution >= 0.6 is 23.2 Å². The van der Waals surface area contributed by atoms with Gasteiger partial charge < -0.3 is 23.4 Å². The van der Waals surface area contributed by atoms with Crippen molar-refractivity contribution in [3.8, 4) is 34.5 Å². The normalized spacial score (nSPS) is 11.3. The molecule has 0 bridgehead atoms. The lowest BCUT2D eigenvalue weighted by atomic mass is 10.0. The molecule has 0 aliphatic rings. The Bertz CT molecular complexity index is 1340. The third kappa shape index (κ3) is 5.21. The van der Waals surface area contributed by atoms with Crippen molar-refractivity contribution in [2.75, 3.05) is 28.4 Å². The molecule has 0 radical (unpaired) electrons. The number of aromatic nitrogens is 2. The predicted octanol–water partition coefficient (Wildman–Crippen LogP) is 6.67. The fraction of sp³-hybridized carbons (Fsp3) is 0.154. The highest BCUT2D eigenvalue weighted by atomic mass is 35.5. The van der Waals surface area contributed by atoms with Crippen molar-refractivity contribution < 1.29 is 23.4 Å². The highest BCUT2D eigenvalue weighted by Gasteiger charge is 2.21. The van der Waals surface area contributed by atoms with Gasteiger partial charge in [0.25, 0.3) is 0 Å². The van der Waals surface area contributed by atoms with Gasteiger partial charge >= 0.3 is 0 Å². The van der Waals surface area contributed by atoms with Crippen molar-refractivity contribution in [1.82, 2.24) is 10.2 Å². The van der Waals surface area contributed by atoms with Gasteiger partial charge in [0.1, 0.15) is 5.75 Å². The number of benzene rings is 3. The Hall–Kier alpha value is -3.68. The molecule has 7 nitrogen and oxygen atoms in total. The van der Waals surface area contributed by atoms with Crippen LogP contribution in [0.4, 0.5) is 0 Å². The first-order valence-corrected chi connectivity index (χ1v) is 11.2. The molecule has 0 N–H and O–H groups in total. The molecule has 0 fully saturated rings. The van der Waals surface area contributed by atoms with E-state index in [9.17, 15) is 0 Å². The Morgan fingerprint density at radius 2 is 1.49 bits per heavy atom. The number of nitrogens with zero attached hydrogens (tertiary/aromatic N) is 2. The summed E-state index contributed by atoms with van der Waals surface area (Å²) in [6, 6.07) is 16.3. The minimum Gasteiger partial charge on any atom is -0.497 e. The summed E-state index contributed by atoms with van der Waals surface area (Å²) in [5.74, 6) is 2.73.